The minimum atomic E-state index is 0.664. The lowest BCUT2D eigenvalue weighted by atomic mass is 9.97. The first kappa shape index (κ1) is 16.2. The highest BCUT2D eigenvalue weighted by atomic mass is 15.0. The number of hydrogen-bond donors (Lipinski definition) is 0. The summed E-state index contributed by atoms with van der Waals surface area (Å²) in [7, 11) is 0. The molecule has 1 atom stereocenters. The van der Waals surface area contributed by atoms with E-state index in [0.717, 1.165) is 0 Å². The minimum Gasteiger partial charge on any atom is -0.202 e. The fourth-order valence-corrected chi connectivity index (χ4v) is 2.77. The number of nitrogens with zero attached hydrogens (tertiary/aromatic N) is 1. The van der Waals surface area contributed by atoms with E-state index in [0.29, 0.717) is 12.0 Å². The highest BCUT2D eigenvalue weighted by Crippen LogP contribution is 2.19. The van der Waals surface area contributed by atoms with Crippen LogP contribution in [0.4, 0.5) is 0 Å². The standard InChI is InChI=1S/C18H32N/c1-4-5-6-7-8-9-11-14-18(17(2)3)19-15-12-10-13-16-19/h10,12-13,15-18H,4-9,11,14H2,1-3H3/q+1. The molecule has 0 amide bonds. The van der Waals surface area contributed by atoms with Gasteiger partial charge in [-0.25, -0.2) is 4.57 Å². The zero-order chi connectivity index (χ0) is 13.9. The first-order valence-electron chi connectivity index (χ1n) is 8.21. The van der Waals surface area contributed by atoms with E-state index in [1.807, 2.05) is 0 Å². The van der Waals surface area contributed by atoms with Crippen LogP contribution in [0.15, 0.2) is 30.6 Å². The molecule has 1 aromatic rings. The summed E-state index contributed by atoms with van der Waals surface area (Å²) in [6, 6.07) is 7.04. The molecule has 0 aliphatic heterocycles. The SMILES string of the molecule is CCCCCCCCCC(C(C)C)[n+]1ccccc1. The summed E-state index contributed by atoms with van der Waals surface area (Å²) in [5, 5.41) is 0. The molecule has 1 heterocycles. The highest BCUT2D eigenvalue weighted by molar-refractivity contribution is 4.84. The van der Waals surface area contributed by atoms with Crippen LogP contribution in [0.2, 0.25) is 0 Å². The molecule has 0 radical (unpaired) electrons. The topological polar surface area (TPSA) is 3.88 Å². The van der Waals surface area contributed by atoms with Crippen molar-refractivity contribution in [2.45, 2.75) is 78.2 Å². The second-order valence-electron chi connectivity index (χ2n) is 6.04. The predicted molar refractivity (Wildman–Crippen MR) is 83.1 cm³/mol. The molecule has 0 fully saturated rings. The maximum Gasteiger partial charge on any atom is 0.169 e. The van der Waals surface area contributed by atoms with Crippen LogP contribution in [0.25, 0.3) is 0 Å². The largest absolute Gasteiger partial charge is 0.202 e. The molecule has 0 bridgehead atoms. The lowest BCUT2D eigenvalue weighted by Crippen LogP contribution is -2.41. The van der Waals surface area contributed by atoms with Crippen molar-refractivity contribution in [3.8, 4) is 0 Å². The Balaban J connectivity index is 2.24. The number of unbranched alkanes of at least 4 members (excludes halogenated alkanes) is 6. The smallest absolute Gasteiger partial charge is 0.169 e. The Hall–Kier alpha value is -0.850. The Morgan fingerprint density at radius 1 is 0.789 bits per heavy atom. The molecule has 1 rings (SSSR count). The van der Waals surface area contributed by atoms with Crippen LogP contribution in [0.3, 0.4) is 0 Å². The van der Waals surface area contributed by atoms with E-state index in [2.05, 4.69) is 55.9 Å². The van der Waals surface area contributed by atoms with Crippen LogP contribution >= 0.6 is 0 Å². The van der Waals surface area contributed by atoms with Gasteiger partial charge < -0.3 is 0 Å². The van der Waals surface area contributed by atoms with Gasteiger partial charge in [0, 0.05) is 24.5 Å². The van der Waals surface area contributed by atoms with Gasteiger partial charge in [-0.1, -0.05) is 65.4 Å². The Labute approximate surface area is 120 Å². The monoisotopic (exact) mass is 262 g/mol. The molecule has 1 aromatic heterocycles. The molecule has 1 nitrogen and oxygen atoms in total. The normalized spacial score (nSPS) is 12.8. The van der Waals surface area contributed by atoms with E-state index in [-0.39, 0.29) is 0 Å². The second-order valence-corrected chi connectivity index (χ2v) is 6.04. The summed E-state index contributed by atoms with van der Waals surface area (Å²) in [6.07, 6.45) is 15.6. The fraction of sp³-hybridized carbons (Fsp3) is 0.722. The van der Waals surface area contributed by atoms with E-state index < -0.39 is 0 Å². The summed E-state index contributed by atoms with van der Waals surface area (Å²) in [5.74, 6) is 0.715. The Bertz CT molecular complexity index is 305. The Kier molecular flexibility index (Phi) is 8.53. The van der Waals surface area contributed by atoms with Gasteiger partial charge in [0.1, 0.15) is 0 Å². The zero-order valence-electron chi connectivity index (χ0n) is 13.1. The van der Waals surface area contributed by atoms with E-state index in [1.54, 1.807) is 0 Å². The molecule has 108 valence electrons. The van der Waals surface area contributed by atoms with Gasteiger partial charge in [-0.3, -0.25) is 0 Å². The van der Waals surface area contributed by atoms with Gasteiger partial charge in [0.05, 0.1) is 0 Å². The van der Waals surface area contributed by atoms with Gasteiger partial charge in [0.15, 0.2) is 18.4 Å². The Morgan fingerprint density at radius 2 is 1.37 bits per heavy atom. The van der Waals surface area contributed by atoms with Crippen LogP contribution in [-0.2, 0) is 0 Å². The molecule has 1 unspecified atom stereocenters. The lowest BCUT2D eigenvalue weighted by Gasteiger charge is -2.15. The van der Waals surface area contributed by atoms with Crippen molar-refractivity contribution in [2.24, 2.45) is 5.92 Å². The molecule has 19 heavy (non-hydrogen) atoms. The van der Waals surface area contributed by atoms with Crippen LogP contribution < -0.4 is 4.57 Å². The summed E-state index contributed by atoms with van der Waals surface area (Å²) in [5.41, 5.74) is 0. The molecule has 0 aromatic carbocycles. The second kappa shape index (κ2) is 10.00. The highest BCUT2D eigenvalue weighted by Gasteiger charge is 2.21. The average molecular weight is 262 g/mol. The lowest BCUT2D eigenvalue weighted by molar-refractivity contribution is -0.730. The molecule has 0 spiro atoms. The van der Waals surface area contributed by atoms with E-state index in [4.69, 9.17) is 0 Å². The molecule has 0 saturated heterocycles. The van der Waals surface area contributed by atoms with Gasteiger partial charge in [-0.05, 0) is 6.42 Å². The molecular formula is C18H32N+. The van der Waals surface area contributed by atoms with Crippen LogP contribution in [0, 0.1) is 5.92 Å². The van der Waals surface area contributed by atoms with Crippen LogP contribution in [0.5, 0.6) is 0 Å². The summed E-state index contributed by atoms with van der Waals surface area (Å²) in [6.45, 7) is 6.96. The summed E-state index contributed by atoms with van der Waals surface area (Å²) >= 11 is 0. The predicted octanol–water partition coefficient (Wildman–Crippen LogP) is 5.31. The van der Waals surface area contributed by atoms with Gasteiger partial charge in [-0.2, -0.15) is 0 Å². The quantitative estimate of drug-likeness (QED) is 0.397. The fourth-order valence-electron chi connectivity index (χ4n) is 2.77. The Morgan fingerprint density at radius 3 is 1.95 bits per heavy atom. The molecule has 1 heteroatoms. The number of rotatable bonds is 10. The third-order valence-electron chi connectivity index (χ3n) is 3.99. The van der Waals surface area contributed by atoms with E-state index >= 15 is 0 Å². The minimum absolute atomic E-state index is 0.664. The number of hydrogen-bond acceptors (Lipinski definition) is 0. The molecule has 0 N–H and O–H groups in total. The van der Waals surface area contributed by atoms with Crippen molar-refractivity contribution in [3.05, 3.63) is 30.6 Å². The van der Waals surface area contributed by atoms with Crippen molar-refractivity contribution in [3.63, 3.8) is 0 Å². The summed E-state index contributed by atoms with van der Waals surface area (Å²) < 4.78 is 2.39. The van der Waals surface area contributed by atoms with Crippen molar-refractivity contribution in [1.82, 2.24) is 0 Å². The van der Waals surface area contributed by atoms with E-state index in [1.165, 1.54) is 51.4 Å². The summed E-state index contributed by atoms with van der Waals surface area (Å²) in [4.78, 5) is 0. The molecular weight excluding hydrogens is 230 g/mol. The average Bonchev–Trinajstić information content (AvgIpc) is 2.42. The van der Waals surface area contributed by atoms with Gasteiger partial charge in [0.2, 0.25) is 0 Å². The third-order valence-corrected chi connectivity index (χ3v) is 3.99. The maximum absolute atomic E-state index is 2.39. The van der Waals surface area contributed by atoms with Crippen LogP contribution in [-0.4, -0.2) is 0 Å². The first-order chi connectivity index (χ1) is 9.25. The van der Waals surface area contributed by atoms with Crippen molar-refractivity contribution >= 4 is 0 Å². The zero-order valence-corrected chi connectivity index (χ0v) is 13.1. The van der Waals surface area contributed by atoms with Crippen molar-refractivity contribution < 1.29 is 4.57 Å². The number of pyridine rings is 1. The molecule has 0 aliphatic carbocycles. The van der Waals surface area contributed by atoms with Crippen molar-refractivity contribution in [1.29, 1.82) is 0 Å². The van der Waals surface area contributed by atoms with Gasteiger partial charge in [-0.15, -0.1) is 0 Å². The molecule has 0 aliphatic rings. The maximum atomic E-state index is 2.39. The van der Waals surface area contributed by atoms with Crippen LogP contribution in [0.1, 0.15) is 78.2 Å². The van der Waals surface area contributed by atoms with Crippen molar-refractivity contribution in [2.75, 3.05) is 0 Å². The van der Waals surface area contributed by atoms with E-state index in [9.17, 15) is 0 Å². The molecule has 0 saturated carbocycles. The van der Waals surface area contributed by atoms with Gasteiger partial charge >= 0.3 is 0 Å². The number of aromatic nitrogens is 1. The van der Waals surface area contributed by atoms with Gasteiger partial charge in [0.25, 0.3) is 0 Å². The first-order valence-corrected chi connectivity index (χ1v) is 8.21. The third kappa shape index (κ3) is 6.75.